The fourth-order valence-corrected chi connectivity index (χ4v) is 2.96. The molecule has 2 heterocycles. The van der Waals surface area contributed by atoms with Crippen molar-refractivity contribution in [3.63, 3.8) is 0 Å². The average Bonchev–Trinajstić information content (AvgIpc) is 3.15. The molecule has 0 fully saturated rings. The molecule has 0 aliphatic rings. The highest BCUT2D eigenvalue weighted by Gasteiger charge is 2.16. The minimum atomic E-state index is -0.185. The average molecular weight is 378 g/mol. The van der Waals surface area contributed by atoms with Gasteiger partial charge in [-0.25, -0.2) is 4.68 Å². The molecule has 0 aliphatic carbocycles. The zero-order chi connectivity index (χ0) is 18.0. The fraction of sp³-hybridized carbons (Fsp3) is 0.200. The van der Waals surface area contributed by atoms with Crippen LogP contribution in [0.15, 0.2) is 29.4 Å². The van der Waals surface area contributed by atoms with Crippen molar-refractivity contribution in [3.05, 3.63) is 40.5 Å². The maximum atomic E-state index is 12.2. The molecule has 0 radical (unpaired) electrons. The Balaban J connectivity index is 1.65. The quantitative estimate of drug-likeness (QED) is 0.464. The summed E-state index contributed by atoms with van der Waals surface area (Å²) < 4.78 is 1.32. The molecule has 0 atom stereocenters. The number of nitrogen functional groups attached to an aromatic ring is 1. The van der Waals surface area contributed by atoms with Gasteiger partial charge in [-0.3, -0.25) is 9.89 Å². The summed E-state index contributed by atoms with van der Waals surface area (Å²) in [7, 11) is 0. The van der Waals surface area contributed by atoms with Gasteiger partial charge in [0.1, 0.15) is 5.69 Å². The lowest BCUT2D eigenvalue weighted by Gasteiger charge is -2.08. The number of nitrogens with one attached hydrogen (secondary N) is 2. The number of thioether (sulfide) groups is 1. The molecular formula is C15H16ClN7OS. The summed E-state index contributed by atoms with van der Waals surface area (Å²) in [5.74, 6) is 6.38. The Morgan fingerprint density at radius 2 is 2.16 bits per heavy atom. The molecule has 0 aliphatic heterocycles. The van der Waals surface area contributed by atoms with E-state index in [4.69, 9.17) is 17.4 Å². The molecule has 0 saturated carbocycles. The number of hydrogen-bond acceptors (Lipinski definition) is 6. The van der Waals surface area contributed by atoms with Crippen molar-refractivity contribution in [1.82, 2.24) is 25.1 Å². The van der Waals surface area contributed by atoms with Crippen LogP contribution < -0.4 is 11.2 Å². The predicted molar refractivity (Wildman–Crippen MR) is 98.0 cm³/mol. The van der Waals surface area contributed by atoms with E-state index >= 15 is 0 Å². The Bertz CT molecular complexity index is 920. The van der Waals surface area contributed by atoms with Gasteiger partial charge in [-0.1, -0.05) is 29.4 Å². The van der Waals surface area contributed by atoms with Gasteiger partial charge in [0, 0.05) is 16.4 Å². The molecule has 130 valence electrons. The van der Waals surface area contributed by atoms with Crippen LogP contribution in [-0.2, 0) is 4.79 Å². The SMILES string of the molecule is Cc1cc(-c2nnc(SCC(=O)Nc3cc(Cl)ccc3C)n2N)n[nH]1. The molecule has 4 N–H and O–H groups in total. The number of carbonyl (C=O) groups is 1. The molecular weight excluding hydrogens is 362 g/mol. The van der Waals surface area contributed by atoms with E-state index in [0.29, 0.717) is 27.4 Å². The first-order valence-corrected chi connectivity index (χ1v) is 8.72. The molecule has 8 nitrogen and oxygen atoms in total. The lowest BCUT2D eigenvalue weighted by atomic mass is 10.2. The number of rotatable bonds is 5. The number of aromatic amines is 1. The van der Waals surface area contributed by atoms with Crippen molar-refractivity contribution in [3.8, 4) is 11.5 Å². The second-order valence-electron chi connectivity index (χ2n) is 5.41. The second-order valence-corrected chi connectivity index (χ2v) is 6.79. The van der Waals surface area contributed by atoms with Gasteiger partial charge in [-0.15, -0.1) is 10.2 Å². The number of nitrogens with two attached hydrogens (primary N) is 1. The van der Waals surface area contributed by atoms with Crippen LogP contribution in [0.3, 0.4) is 0 Å². The zero-order valence-electron chi connectivity index (χ0n) is 13.6. The third kappa shape index (κ3) is 3.94. The molecule has 1 amide bonds. The molecule has 3 aromatic rings. The molecule has 0 bridgehead atoms. The van der Waals surface area contributed by atoms with Crippen molar-refractivity contribution in [2.45, 2.75) is 19.0 Å². The van der Waals surface area contributed by atoms with E-state index in [0.717, 1.165) is 11.3 Å². The summed E-state index contributed by atoms with van der Waals surface area (Å²) >= 11 is 7.14. The maximum Gasteiger partial charge on any atom is 0.234 e. The summed E-state index contributed by atoms with van der Waals surface area (Å²) in [5.41, 5.74) is 3.10. The second kappa shape index (κ2) is 7.16. The summed E-state index contributed by atoms with van der Waals surface area (Å²) in [6.07, 6.45) is 0. The smallest absolute Gasteiger partial charge is 0.234 e. The van der Waals surface area contributed by atoms with Crippen LogP contribution in [-0.4, -0.2) is 36.7 Å². The number of halogens is 1. The molecule has 10 heteroatoms. The number of carbonyl (C=O) groups excluding carboxylic acids is 1. The fourth-order valence-electron chi connectivity index (χ4n) is 2.13. The number of anilines is 1. The van der Waals surface area contributed by atoms with E-state index in [1.165, 1.54) is 16.4 Å². The minimum absolute atomic E-state index is 0.140. The van der Waals surface area contributed by atoms with Crippen LogP contribution >= 0.6 is 23.4 Å². The van der Waals surface area contributed by atoms with E-state index in [-0.39, 0.29) is 11.7 Å². The predicted octanol–water partition coefficient (Wildman–Crippen LogP) is 2.38. The van der Waals surface area contributed by atoms with E-state index < -0.39 is 0 Å². The largest absolute Gasteiger partial charge is 0.335 e. The molecule has 0 saturated heterocycles. The lowest BCUT2D eigenvalue weighted by Crippen LogP contribution is -2.17. The van der Waals surface area contributed by atoms with Gasteiger partial charge in [0.05, 0.1) is 5.75 Å². The number of benzene rings is 1. The zero-order valence-corrected chi connectivity index (χ0v) is 15.1. The van der Waals surface area contributed by atoms with Gasteiger partial charge < -0.3 is 11.2 Å². The van der Waals surface area contributed by atoms with Crippen molar-refractivity contribution >= 4 is 35.0 Å². The number of hydrogen-bond donors (Lipinski definition) is 3. The van der Waals surface area contributed by atoms with Gasteiger partial charge in [0.2, 0.25) is 16.9 Å². The van der Waals surface area contributed by atoms with Crippen molar-refractivity contribution in [2.75, 3.05) is 16.9 Å². The van der Waals surface area contributed by atoms with Crippen LogP contribution in [0, 0.1) is 13.8 Å². The highest BCUT2D eigenvalue weighted by atomic mass is 35.5. The lowest BCUT2D eigenvalue weighted by molar-refractivity contribution is -0.113. The highest BCUT2D eigenvalue weighted by molar-refractivity contribution is 7.99. The van der Waals surface area contributed by atoms with E-state index in [1.807, 2.05) is 26.0 Å². The molecule has 0 spiro atoms. The summed E-state index contributed by atoms with van der Waals surface area (Å²) in [6.45, 7) is 3.78. The highest BCUT2D eigenvalue weighted by Crippen LogP contribution is 2.23. The summed E-state index contributed by atoms with van der Waals surface area (Å²) in [5, 5.41) is 18.8. The molecule has 1 aromatic carbocycles. The molecule has 2 aromatic heterocycles. The molecule has 3 rings (SSSR count). The van der Waals surface area contributed by atoms with Crippen molar-refractivity contribution in [2.24, 2.45) is 0 Å². The van der Waals surface area contributed by atoms with Gasteiger partial charge in [0.25, 0.3) is 0 Å². The first-order chi connectivity index (χ1) is 11.9. The number of amides is 1. The number of H-pyrrole nitrogens is 1. The third-order valence-electron chi connectivity index (χ3n) is 3.41. The van der Waals surface area contributed by atoms with E-state index in [1.54, 1.807) is 12.1 Å². The van der Waals surface area contributed by atoms with Crippen LogP contribution in [0.25, 0.3) is 11.5 Å². The first kappa shape index (κ1) is 17.3. The van der Waals surface area contributed by atoms with Crippen LogP contribution in [0.2, 0.25) is 5.02 Å². The van der Waals surface area contributed by atoms with Gasteiger partial charge in [-0.05, 0) is 37.6 Å². The van der Waals surface area contributed by atoms with Gasteiger partial charge in [-0.2, -0.15) is 5.10 Å². The van der Waals surface area contributed by atoms with Gasteiger partial charge >= 0.3 is 0 Å². The normalized spacial score (nSPS) is 10.8. The number of aryl methyl sites for hydroxylation is 2. The summed E-state index contributed by atoms with van der Waals surface area (Å²) in [4.78, 5) is 12.2. The third-order valence-corrected chi connectivity index (χ3v) is 4.58. The Morgan fingerprint density at radius 1 is 1.36 bits per heavy atom. The van der Waals surface area contributed by atoms with E-state index in [9.17, 15) is 4.79 Å². The monoisotopic (exact) mass is 377 g/mol. The van der Waals surface area contributed by atoms with Crippen LogP contribution in [0.1, 0.15) is 11.3 Å². The van der Waals surface area contributed by atoms with Crippen molar-refractivity contribution in [1.29, 1.82) is 0 Å². The van der Waals surface area contributed by atoms with E-state index in [2.05, 4.69) is 25.7 Å². The van der Waals surface area contributed by atoms with Crippen LogP contribution in [0.4, 0.5) is 5.69 Å². The Labute approximate surface area is 153 Å². The van der Waals surface area contributed by atoms with Crippen molar-refractivity contribution < 1.29 is 4.79 Å². The minimum Gasteiger partial charge on any atom is -0.335 e. The number of nitrogens with zero attached hydrogens (tertiary/aromatic N) is 4. The Hall–Kier alpha value is -2.52. The maximum absolute atomic E-state index is 12.2. The first-order valence-electron chi connectivity index (χ1n) is 7.35. The molecule has 25 heavy (non-hydrogen) atoms. The van der Waals surface area contributed by atoms with Gasteiger partial charge in [0.15, 0.2) is 0 Å². The summed E-state index contributed by atoms with van der Waals surface area (Å²) in [6, 6.07) is 7.15. The molecule has 0 unspecified atom stereocenters. The van der Waals surface area contributed by atoms with Crippen LogP contribution in [0.5, 0.6) is 0 Å². The standard InChI is InChI=1S/C15H16ClN7OS/c1-8-3-4-10(16)6-11(8)18-13(24)7-25-15-22-21-14(23(15)17)12-5-9(2)19-20-12/h3-6H,7,17H2,1-2H3,(H,18,24)(H,19,20). The number of aromatic nitrogens is 5. The Morgan fingerprint density at radius 3 is 2.88 bits per heavy atom. The topological polar surface area (TPSA) is 115 Å². The Kier molecular flexibility index (Phi) is 4.95.